The van der Waals surface area contributed by atoms with E-state index in [2.05, 4.69) is 12.2 Å². The summed E-state index contributed by atoms with van der Waals surface area (Å²) < 4.78 is 10.9. The van der Waals surface area contributed by atoms with Crippen LogP contribution in [0.3, 0.4) is 0 Å². The van der Waals surface area contributed by atoms with Gasteiger partial charge in [0.2, 0.25) is 0 Å². The van der Waals surface area contributed by atoms with Crippen molar-refractivity contribution in [1.82, 2.24) is 0 Å². The summed E-state index contributed by atoms with van der Waals surface area (Å²) >= 11 is 0. The minimum atomic E-state index is -0.144. The quantitative estimate of drug-likeness (QED) is 0.780. The highest BCUT2D eigenvalue weighted by molar-refractivity contribution is 6.04. The lowest BCUT2D eigenvalue weighted by Crippen LogP contribution is -2.12. The Morgan fingerprint density at radius 2 is 2.00 bits per heavy atom. The third kappa shape index (κ3) is 4.83. The van der Waals surface area contributed by atoms with Crippen molar-refractivity contribution in [3.63, 3.8) is 0 Å². The van der Waals surface area contributed by atoms with Gasteiger partial charge in [0, 0.05) is 23.4 Å². The highest BCUT2D eigenvalue weighted by atomic mass is 16.5. The fourth-order valence-electron chi connectivity index (χ4n) is 2.29. The van der Waals surface area contributed by atoms with E-state index in [0.29, 0.717) is 18.8 Å². The molecule has 0 aromatic heterocycles. The minimum absolute atomic E-state index is 0.144. The van der Waals surface area contributed by atoms with Gasteiger partial charge in [-0.25, -0.2) is 0 Å². The Hall–Kier alpha value is -2.33. The number of carbonyl (C=O) groups is 1. The van der Waals surface area contributed by atoms with Crippen LogP contribution < -0.4 is 10.1 Å². The molecule has 0 heterocycles. The smallest absolute Gasteiger partial charge is 0.255 e. The van der Waals surface area contributed by atoms with E-state index < -0.39 is 0 Å². The van der Waals surface area contributed by atoms with Crippen molar-refractivity contribution in [2.75, 3.05) is 19.0 Å². The second-order valence-electron chi connectivity index (χ2n) is 5.40. The molecular weight excluding hydrogens is 290 g/mol. The number of aryl methyl sites for hydroxylation is 1. The predicted octanol–water partition coefficient (Wildman–Crippen LogP) is 4.18. The Bertz CT molecular complexity index is 667. The highest BCUT2D eigenvalue weighted by Crippen LogP contribution is 2.22. The first-order valence-corrected chi connectivity index (χ1v) is 7.76. The van der Waals surface area contributed by atoms with Gasteiger partial charge in [-0.05, 0) is 49.2 Å². The molecule has 2 aromatic carbocycles. The second kappa shape index (κ2) is 8.34. The van der Waals surface area contributed by atoms with Gasteiger partial charge in [-0.15, -0.1) is 0 Å². The summed E-state index contributed by atoms with van der Waals surface area (Å²) in [6, 6.07) is 13.1. The molecule has 0 spiro atoms. The van der Waals surface area contributed by atoms with Crippen molar-refractivity contribution >= 4 is 11.6 Å². The van der Waals surface area contributed by atoms with Gasteiger partial charge < -0.3 is 14.8 Å². The van der Waals surface area contributed by atoms with Crippen molar-refractivity contribution in [1.29, 1.82) is 0 Å². The Morgan fingerprint density at radius 3 is 2.70 bits per heavy atom. The van der Waals surface area contributed by atoms with Crippen LogP contribution in [-0.4, -0.2) is 19.6 Å². The maximum absolute atomic E-state index is 12.4. The summed E-state index contributed by atoms with van der Waals surface area (Å²) in [6.07, 6.45) is 0.954. The lowest BCUT2D eigenvalue weighted by atomic mass is 10.1. The van der Waals surface area contributed by atoms with Gasteiger partial charge in [-0.2, -0.15) is 0 Å². The van der Waals surface area contributed by atoms with E-state index in [1.165, 1.54) is 0 Å². The Kier molecular flexibility index (Phi) is 6.18. The van der Waals surface area contributed by atoms with E-state index in [-0.39, 0.29) is 5.91 Å². The van der Waals surface area contributed by atoms with Crippen LogP contribution in [0.1, 0.15) is 34.8 Å². The van der Waals surface area contributed by atoms with Gasteiger partial charge in [0.05, 0.1) is 13.7 Å². The van der Waals surface area contributed by atoms with E-state index >= 15 is 0 Å². The van der Waals surface area contributed by atoms with Crippen LogP contribution >= 0.6 is 0 Å². The molecule has 2 aromatic rings. The summed E-state index contributed by atoms with van der Waals surface area (Å²) in [6.45, 7) is 5.17. The van der Waals surface area contributed by atoms with Gasteiger partial charge in [-0.3, -0.25) is 4.79 Å². The number of hydrogen-bond acceptors (Lipinski definition) is 3. The van der Waals surface area contributed by atoms with E-state index in [1.807, 2.05) is 37.3 Å². The van der Waals surface area contributed by atoms with Crippen molar-refractivity contribution in [2.24, 2.45) is 0 Å². The molecule has 122 valence electrons. The molecule has 0 radical (unpaired) electrons. The topological polar surface area (TPSA) is 47.6 Å². The van der Waals surface area contributed by atoms with Crippen LogP contribution in [0.25, 0.3) is 0 Å². The molecule has 0 saturated heterocycles. The normalized spacial score (nSPS) is 10.4. The standard InChI is InChI=1S/C19H23NO3/c1-4-10-23-13-16-12-15(8-9-18(16)22-3)19(21)20-17-7-5-6-14(2)11-17/h5-9,11-12H,4,10,13H2,1-3H3,(H,20,21). The van der Waals surface area contributed by atoms with Crippen LogP contribution in [0, 0.1) is 6.92 Å². The fraction of sp³-hybridized carbons (Fsp3) is 0.316. The van der Waals surface area contributed by atoms with Gasteiger partial charge in [0.25, 0.3) is 5.91 Å². The van der Waals surface area contributed by atoms with Crippen LogP contribution in [0.4, 0.5) is 5.69 Å². The number of carbonyl (C=O) groups excluding carboxylic acids is 1. The Labute approximate surface area is 137 Å². The first kappa shape index (κ1) is 17.0. The van der Waals surface area contributed by atoms with Crippen LogP contribution in [0.5, 0.6) is 5.75 Å². The monoisotopic (exact) mass is 313 g/mol. The molecule has 4 heteroatoms. The number of rotatable bonds is 7. The molecule has 1 amide bonds. The van der Waals surface area contributed by atoms with Crippen molar-refractivity contribution in [2.45, 2.75) is 26.9 Å². The van der Waals surface area contributed by atoms with Crippen molar-refractivity contribution < 1.29 is 14.3 Å². The molecule has 2 rings (SSSR count). The molecule has 0 saturated carbocycles. The van der Waals surface area contributed by atoms with Gasteiger partial charge >= 0.3 is 0 Å². The van der Waals surface area contributed by atoms with Crippen molar-refractivity contribution in [3.8, 4) is 5.75 Å². The van der Waals surface area contributed by atoms with Crippen LogP contribution in [-0.2, 0) is 11.3 Å². The lowest BCUT2D eigenvalue weighted by molar-refractivity contribution is 0.102. The largest absolute Gasteiger partial charge is 0.496 e. The molecule has 0 aliphatic rings. The fourth-order valence-corrected chi connectivity index (χ4v) is 2.29. The van der Waals surface area contributed by atoms with E-state index in [1.54, 1.807) is 19.2 Å². The lowest BCUT2D eigenvalue weighted by Gasteiger charge is -2.12. The second-order valence-corrected chi connectivity index (χ2v) is 5.40. The Morgan fingerprint density at radius 1 is 1.17 bits per heavy atom. The van der Waals surface area contributed by atoms with E-state index in [4.69, 9.17) is 9.47 Å². The summed E-state index contributed by atoms with van der Waals surface area (Å²) in [5.41, 5.74) is 3.35. The maximum atomic E-state index is 12.4. The molecule has 1 N–H and O–H groups in total. The zero-order chi connectivity index (χ0) is 16.7. The van der Waals surface area contributed by atoms with Crippen molar-refractivity contribution in [3.05, 3.63) is 59.2 Å². The van der Waals surface area contributed by atoms with Crippen LogP contribution in [0.2, 0.25) is 0 Å². The minimum Gasteiger partial charge on any atom is -0.496 e. The molecule has 0 fully saturated rings. The van der Waals surface area contributed by atoms with Gasteiger partial charge in [-0.1, -0.05) is 19.1 Å². The maximum Gasteiger partial charge on any atom is 0.255 e. The van der Waals surface area contributed by atoms with E-state index in [9.17, 15) is 4.79 Å². The number of amides is 1. The van der Waals surface area contributed by atoms with Gasteiger partial charge in [0.15, 0.2) is 0 Å². The number of methoxy groups -OCH3 is 1. The van der Waals surface area contributed by atoms with Crippen LogP contribution in [0.15, 0.2) is 42.5 Å². The first-order chi connectivity index (χ1) is 11.1. The molecule has 0 aliphatic carbocycles. The molecule has 4 nitrogen and oxygen atoms in total. The third-order valence-electron chi connectivity index (χ3n) is 3.42. The molecule has 0 aliphatic heterocycles. The number of benzene rings is 2. The zero-order valence-corrected chi connectivity index (χ0v) is 13.9. The molecule has 0 unspecified atom stereocenters. The summed E-state index contributed by atoms with van der Waals surface area (Å²) in [5.74, 6) is 0.586. The number of ether oxygens (including phenoxy) is 2. The first-order valence-electron chi connectivity index (χ1n) is 7.76. The average Bonchev–Trinajstić information content (AvgIpc) is 2.55. The molecular formula is C19H23NO3. The number of anilines is 1. The zero-order valence-electron chi connectivity index (χ0n) is 13.9. The Balaban J connectivity index is 2.14. The molecule has 23 heavy (non-hydrogen) atoms. The predicted molar refractivity (Wildman–Crippen MR) is 92.1 cm³/mol. The average molecular weight is 313 g/mol. The third-order valence-corrected chi connectivity index (χ3v) is 3.42. The molecule has 0 bridgehead atoms. The summed E-state index contributed by atoms with van der Waals surface area (Å²) in [5, 5.41) is 2.91. The summed E-state index contributed by atoms with van der Waals surface area (Å²) in [4.78, 5) is 12.4. The number of nitrogens with one attached hydrogen (secondary N) is 1. The summed E-state index contributed by atoms with van der Waals surface area (Å²) in [7, 11) is 1.62. The van der Waals surface area contributed by atoms with E-state index in [0.717, 1.165) is 29.0 Å². The molecule has 0 atom stereocenters. The number of hydrogen-bond donors (Lipinski definition) is 1. The SMILES string of the molecule is CCCOCc1cc(C(=O)Nc2cccc(C)c2)ccc1OC. The highest BCUT2D eigenvalue weighted by Gasteiger charge is 2.11. The van der Waals surface area contributed by atoms with Gasteiger partial charge in [0.1, 0.15) is 5.75 Å².